The summed E-state index contributed by atoms with van der Waals surface area (Å²) in [6, 6.07) is 0. The van der Waals surface area contributed by atoms with E-state index in [9.17, 15) is 15.0 Å². The quantitative estimate of drug-likeness (QED) is 0.420. The molecule has 0 aromatic carbocycles. The Morgan fingerprint density at radius 1 is 1.71 bits per heavy atom. The van der Waals surface area contributed by atoms with Gasteiger partial charge in [0.1, 0.15) is 24.4 Å². The number of rotatable bonds is 3. The van der Waals surface area contributed by atoms with Crippen molar-refractivity contribution in [2.45, 2.75) is 31.3 Å². The molecule has 4 atom stereocenters. The van der Waals surface area contributed by atoms with Crippen LogP contribution in [0, 0.1) is 0 Å². The summed E-state index contributed by atoms with van der Waals surface area (Å²) in [6.45, 7) is 1.32. The van der Waals surface area contributed by atoms with Gasteiger partial charge in [-0.25, -0.2) is 0 Å². The van der Waals surface area contributed by atoms with Crippen molar-refractivity contribution in [3.63, 3.8) is 0 Å². The molecule has 0 spiro atoms. The zero-order valence-electron chi connectivity index (χ0n) is 7.79. The maximum absolute atomic E-state index is 10.7. The standard InChI is InChI=1S/C8H14O5S/c1-4(9)13-6(3-14)8-7(11)5(10)2-12-8/h5-8,10-11,14H,2-3H2,1H3/t5-,6+,7+,8+/m0/s1. The number of thiol groups is 1. The van der Waals surface area contributed by atoms with E-state index in [0.29, 0.717) is 0 Å². The van der Waals surface area contributed by atoms with Crippen molar-refractivity contribution in [2.24, 2.45) is 0 Å². The highest BCUT2D eigenvalue weighted by Gasteiger charge is 2.40. The van der Waals surface area contributed by atoms with Gasteiger partial charge in [-0.15, -0.1) is 0 Å². The third-order valence-electron chi connectivity index (χ3n) is 2.05. The molecule has 0 aliphatic carbocycles. The van der Waals surface area contributed by atoms with E-state index >= 15 is 0 Å². The molecule has 0 radical (unpaired) electrons. The first-order valence-electron chi connectivity index (χ1n) is 4.32. The second kappa shape index (κ2) is 4.97. The van der Waals surface area contributed by atoms with Gasteiger partial charge in [0.25, 0.3) is 0 Å². The number of aliphatic hydroxyl groups excluding tert-OH is 2. The molecule has 1 saturated heterocycles. The summed E-state index contributed by atoms with van der Waals surface area (Å²) in [5.74, 6) is -0.213. The summed E-state index contributed by atoms with van der Waals surface area (Å²) in [6.07, 6.45) is -3.25. The summed E-state index contributed by atoms with van der Waals surface area (Å²) >= 11 is 3.99. The number of carbonyl (C=O) groups is 1. The van der Waals surface area contributed by atoms with E-state index in [1.54, 1.807) is 0 Å². The maximum atomic E-state index is 10.7. The molecular formula is C8H14O5S. The van der Waals surface area contributed by atoms with Crippen LogP contribution in [0.1, 0.15) is 6.92 Å². The molecular weight excluding hydrogens is 208 g/mol. The fourth-order valence-corrected chi connectivity index (χ4v) is 1.66. The fourth-order valence-electron chi connectivity index (χ4n) is 1.37. The lowest BCUT2D eigenvalue weighted by molar-refractivity contribution is -0.153. The predicted octanol–water partition coefficient (Wildman–Crippen LogP) is -1.03. The number of ether oxygens (including phenoxy) is 2. The van der Waals surface area contributed by atoms with Gasteiger partial charge in [0.15, 0.2) is 0 Å². The average Bonchev–Trinajstić information content (AvgIpc) is 2.44. The number of hydrogen-bond acceptors (Lipinski definition) is 6. The molecule has 0 aromatic rings. The molecule has 0 aromatic heterocycles. The Morgan fingerprint density at radius 3 is 2.71 bits per heavy atom. The van der Waals surface area contributed by atoms with E-state index in [2.05, 4.69) is 12.6 Å². The second-order valence-electron chi connectivity index (χ2n) is 3.19. The summed E-state index contributed by atoms with van der Waals surface area (Å²) in [5, 5.41) is 18.7. The normalized spacial score (nSPS) is 34.1. The number of esters is 1. The first-order valence-corrected chi connectivity index (χ1v) is 4.95. The largest absolute Gasteiger partial charge is 0.459 e. The average molecular weight is 222 g/mol. The number of carbonyl (C=O) groups excluding carboxylic acids is 1. The van der Waals surface area contributed by atoms with Gasteiger partial charge < -0.3 is 19.7 Å². The van der Waals surface area contributed by atoms with E-state index in [-0.39, 0.29) is 12.4 Å². The van der Waals surface area contributed by atoms with Gasteiger partial charge in [0, 0.05) is 12.7 Å². The van der Waals surface area contributed by atoms with Crippen LogP contribution >= 0.6 is 12.6 Å². The molecule has 0 unspecified atom stereocenters. The molecule has 82 valence electrons. The van der Waals surface area contributed by atoms with E-state index in [4.69, 9.17) is 9.47 Å². The number of aliphatic hydroxyl groups is 2. The van der Waals surface area contributed by atoms with Crippen LogP contribution in [0.25, 0.3) is 0 Å². The van der Waals surface area contributed by atoms with Crippen LogP contribution in [0.15, 0.2) is 0 Å². The van der Waals surface area contributed by atoms with Gasteiger partial charge in [-0.3, -0.25) is 4.79 Å². The Bertz CT molecular complexity index is 210. The van der Waals surface area contributed by atoms with Crippen molar-refractivity contribution < 1.29 is 24.5 Å². The highest BCUT2D eigenvalue weighted by molar-refractivity contribution is 7.80. The van der Waals surface area contributed by atoms with Crippen LogP contribution < -0.4 is 0 Å². The van der Waals surface area contributed by atoms with Crippen molar-refractivity contribution in [1.29, 1.82) is 0 Å². The lowest BCUT2D eigenvalue weighted by Crippen LogP contribution is -2.41. The topological polar surface area (TPSA) is 76.0 Å². The Hall–Kier alpha value is -0.300. The molecule has 1 aliphatic heterocycles. The van der Waals surface area contributed by atoms with E-state index < -0.39 is 30.4 Å². The smallest absolute Gasteiger partial charge is 0.303 e. The van der Waals surface area contributed by atoms with E-state index in [1.807, 2.05) is 0 Å². The SMILES string of the molecule is CC(=O)O[C@H](CS)[C@H]1OC[C@H](O)[C@H]1O. The van der Waals surface area contributed by atoms with Crippen LogP contribution in [0.3, 0.4) is 0 Å². The lowest BCUT2D eigenvalue weighted by Gasteiger charge is -2.23. The molecule has 2 N–H and O–H groups in total. The summed E-state index contributed by atoms with van der Waals surface area (Å²) in [4.78, 5) is 10.7. The first kappa shape index (κ1) is 11.8. The van der Waals surface area contributed by atoms with Crippen molar-refractivity contribution in [1.82, 2.24) is 0 Å². The third kappa shape index (κ3) is 2.60. The first-order chi connectivity index (χ1) is 6.56. The minimum atomic E-state index is -1.02. The van der Waals surface area contributed by atoms with Crippen LogP contribution in [-0.2, 0) is 14.3 Å². The van der Waals surface area contributed by atoms with Gasteiger partial charge in [-0.05, 0) is 0 Å². The lowest BCUT2D eigenvalue weighted by atomic mass is 10.1. The maximum Gasteiger partial charge on any atom is 0.303 e. The highest BCUT2D eigenvalue weighted by Crippen LogP contribution is 2.20. The molecule has 1 aliphatic rings. The van der Waals surface area contributed by atoms with Gasteiger partial charge in [-0.2, -0.15) is 12.6 Å². The van der Waals surface area contributed by atoms with Crippen molar-refractivity contribution in [3.05, 3.63) is 0 Å². The van der Waals surface area contributed by atoms with Gasteiger partial charge in [-0.1, -0.05) is 0 Å². The molecule has 0 saturated carbocycles. The Labute approximate surface area is 87.4 Å². The van der Waals surface area contributed by atoms with Crippen LogP contribution in [0.4, 0.5) is 0 Å². The summed E-state index contributed by atoms with van der Waals surface area (Å²) in [5.41, 5.74) is 0. The van der Waals surface area contributed by atoms with Gasteiger partial charge >= 0.3 is 5.97 Å². The van der Waals surface area contributed by atoms with E-state index in [1.165, 1.54) is 6.92 Å². The van der Waals surface area contributed by atoms with Crippen molar-refractivity contribution in [3.8, 4) is 0 Å². The van der Waals surface area contributed by atoms with Crippen molar-refractivity contribution in [2.75, 3.05) is 12.4 Å². The second-order valence-corrected chi connectivity index (χ2v) is 3.55. The Morgan fingerprint density at radius 2 is 2.36 bits per heavy atom. The minimum Gasteiger partial charge on any atom is -0.459 e. The van der Waals surface area contributed by atoms with Gasteiger partial charge in [0.05, 0.1) is 6.61 Å². The third-order valence-corrected chi connectivity index (χ3v) is 2.41. The molecule has 0 bridgehead atoms. The number of hydrogen-bond donors (Lipinski definition) is 3. The van der Waals surface area contributed by atoms with Crippen LogP contribution in [-0.4, -0.2) is 53.0 Å². The van der Waals surface area contributed by atoms with Gasteiger partial charge in [0.2, 0.25) is 0 Å². The van der Waals surface area contributed by atoms with Crippen LogP contribution in [0.5, 0.6) is 0 Å². The Kier molecular flexibility index (Phi) is 4.18. The monoisotopic (exact) mass is 222 g/mol. The minimum absolute atomic E-state index is 0.0530. The zero-order valence-corrected chi connectivity index (χ0v) is 8.68. The molecule has 5 nitrogen and oxygen atoms in total. The van der Waals surface area contributed by atoms with Crippen molar-refractivity contribution >= 4 is 18.6 Å². The molecule has 14 heavy (non-hydrogen) atoms. The highest BCUT2D eigenvalue weighted by atomic mass is 32.1. The Balaban J connectivity index is 2.56. The zero-order chi connectivity index (χ0) is 10.7. The van der Waals surface area contributed by atoms with E-state index in [0.717, 1.165) is 0 Å². The summed E-state index contributed by atoms with van der Waals surface area (Å²) in [7, 11) is 0. The molecule has 1 rings (SSSR count). The molecule has 6 heteroatoms. The predicted molar refractivity (Wildman–Crippen MR) is 51.2 cm³/mol. The summed E-state index contributed by atoms with van der Waals surface area (Å²) < 4.78 is 10.00. The fraction of sp³-hybridized carbons (Fsp3) is 0.875. The molecule has 1 fully saturated rings. The molecule has 0 amide bonds. The molecule has 1 heterocycles. The van der Waals surface area contributed by atoms with Crippen LogP contribution in [0.2, 0.25) is 0 Å².